The number of aliphatic hydroxyl groups excluding tert-OH is 1. The molecule has 0 radical (unpaired) electrons. The van der Waals surface area contributed by atoms with Crippen molar-refractivity contribution >= 4 is 23.3 Å². The molecule has 6 nitrogen and oxygen atoms in total. The second kappa shape index (κ2) is 6.88. The number of aromatic nitrogens is 1. The zero-order valence-electron chi connectivity index (χ0n) is 11.1. The molecule has 0 spiro atoms. The molecule has 3 N–H and O–H groups in total. The first-order valence-electron chi connectivity index (χ1n) is 6.54. The van der Waals surface area contributed by atoms with Crippen molar-refractivity contribution < 1.29 is 14.6 Å². The summed E-state index contributed by atoms with van der Waals surface area (Å²) in [6.45, 7) is 1.57. The number of aliphatic hydroxyl groups is 1. The van der Waals surface area contributed by atoms with Crippen molar-refractivity contribution in [3.8, 4) is 0 Å². The number of hydrogen-bond acceptors (Lipinski definition) is 5. The van der Waals surface area contributed by atoms with Crippen molar-refractivity contribution in [1.82, 2.24) is 9.88 Å². The highest BCUT2D eigenvalue weighted by molar-refractivity contribution is 6.33. The first kappa shape index (κ1) is 15.0. The number of carbonyl (C=O) groups is 1. The Morgan fingerprint density at radius 2 is 2.25 bits per heavy atom. The van der Waals surface area contributed by atoms with E-state index in [9.17, 15) is 4.79 Å². The summed E-state index contributed by atoms with van der Waals surface area (Å²) in [5, 5.41) is 9.03. The van der Waals surface area contributed by atoms with Gasteiger partial charge in [0.1, 0.15) is 5.82 Å². The molecule has 0 saturated carbocycles. The van der Waals surface area contributed by atoms with Crippen molar-refractivity contribution in [1.29, 1.82) is 0 Å². The minimum atomic E-state index is -0.135. The van der Waals surface area contributed by atoms with E-state index in [1.54, 1.807) is 4.90 Å². The molecule has 7 heteroatoms. The van der Waals surface area contributed by atoms with E-state index in [4.69, 9.17) is 27.2 Å². The van der Waals surface area contributed by atoms with Gasteiger partial charge >= 0.3 is 0 Å². The van der Waals surface area contributed by atoms with Crippen LogP contribution in [0.3, 0.4) is 0 Å². The van der Waals surface area contributed by atoms with E-state index >= 15 is 0 Å². The maximum Gasteiger partial charge on any atom is 0.255 e. The van der Waals surface area contributed by atoms with Crippen LogP contribution in [0.5, 0.6) is 0 Å². The van der Waals surface area contributed by atoms with Gasteiger partial charge in [-0.1, -0.05) is 11.6 Å². The zero-order chi connectivity index (χ0) is 14.5. The Bertz CT molecular complexity index is 476. The lowest BCUT2D eigenvalue weighted by atomic mass is 10.1. The third-order valence-corrected chi connectivity index (χ3v) is 3.58. The molecule has 1 aliphatic heterocycles. The molecule has 1 aromatic rings. The topological polar surface area (TPSA) is 88.7 Å². The predicted octanol–water partition coefficient (Wildman–Crippen LogP) is 0.931. The molecule has 0 aliphatic carbocycles. The summed E-state index contributed by atoms with van der Waals surface area (Å²) >= 11 is 5.99. The van der Waals surface area contributed by atoms with Crippen LogP contribution >= 0.6 is 11.6 Å². The Labute approximate surface area is 122 Å². The molecule has 1 fully saturated rings. The molecule has 0 aromatic carbocycles. The monoisotopic (exact) mass is 299 g/mol. The van der Waals surface area contributed by atoms with Gasteiger partial charge in [0.2, 0.25) is 0 Å². The van der Waals surface area contributed by atoms with Gasteiger partial charge in [0.05, 0.1) is 29.9 Å². The molecule has 1 saturated heterocycles. The fourth-order valence-electron chi connectivity index (χ4n) is 2.23. The third-order valence-electron chi connectivity index (χ3n) is 3.28. The maximum atomic E-state index is 12.4. The number of nitrogens with two attached hydrogens (primary N) is 1. The average molecular weight is 300 g/mol. The molecule has 1 aliphatic rings. The molecule has 2 rings (SSSR count). The number of carbonyl (C=O) groups excluding carboxylic acids is 1. The fraction of sp³-hybridized carbons (Fsp3) is 0.538. The summed E-state index contributed by atoms with van der Waals surface area (Å²) in [5.74, 6) is 0.142. The van der Waals surface area contributed by atoms with Gasteiger partial charge in [-0.2, -0.15) is 0 Å². The first-order chi connectivity index (χ1) is 9.61. The normalized spacial score (nSPS) is 16.4. The largest absolute Gasteiger partial charge is 0.394 e. The smallest absolute Gasteiger partial charge is 0.255 e. The molecular weight excluding hydrogens is 282 g/mol. The number of ether oxygens (including phenoxy) is 1. The fourth-order valence-corrected chi connectivity index (χ4v) is 2.42. The molecule has 0 bridgehead atoms. The number of pyridine rings is 1. The highest BCUT2D eigenvalue weighted by Crippen LogP contribution is 2.21. The van der Waals surface area contributed by atoms with E-state index in [-0.39, 0.29) is 24.4 Å². The molecule has 0 atom stereocenters. The number of rotatable bonds is 4. The minimum Gasteiger partial charge on any atom is -0.394 e. The molecule has 20 heavy (non-hydrogen) atoms. The van der Waals surface area contributed by atoms with E-state index in [0.717, 1.165) is 12.8 Å². The molecule has 0 unspecified atom stereocenters. The Kier molecular flexibility index (Phi) is 5.17. The number of amides is 1. The number of nitrogens with zero attached hydrogens (tertiary/aromatic N) is 2. The number of nitrogen functional groups attached to an aromatic ring is 1. The summed E-state index contributed by atoms with van der Waals surface area (Å²) in [6, 6.07) is 1.50. The molecular formula is C13H18ClN3O3. The van der Waals surface area contributed by atoms with Gasteiger partial charge < -0.3 is 20.5 Å². The molecule has 1 aromatic heterocycles. The highest BCUT2D eigenvalue weighted by Gasteiger charge is 2.25. The van der Waals surface area contributed by atoms with Crippen LogP contribution in [0.25, 0.3) is 0 Å². The second-order valence-corrected chi connectivity index (χ2v) is 5.08. The lowest BCUT2D eigenvalue weighted by Gasteiger charge is -2.32. The Morgan fingerprint density at radius 3 is 2.90 bits per heavy atom. The zero-order valence-corrected chi connectivity index (χ0v) is 11.8. The van der Waals surface area contributed by atoms with Gasteiger partial charge in [-0.3, -0.25) is 4.79 Å². The molecule has 2 heterocycles. The van der Waals surface area contributed by atoms with E-state index in [0.29, 0.717) is 30.3 Å². The van der Waals surface area contributed by atoms with Crippen molar-refractivity contribution in [3.63, 3.8) is 0 Å². The van der Waals surface area contributed by atoms with Crippen LogP contribution in [0.2, 0.25) is 5.02 Å². The summed E-state index contributed by atoms with van der Waals surface area (Å²) in [5.41, 5.74) is 5.97. The lowest BCUT2D eigenvalue weighted by molar-refractivity contribution is -0.00553. The Morgan fingerprint density at radius 1 is 1.55 bits per heavy atom. The molecule has 110 valence electrons. The van der Waals surface area contributed by atoms with Gasteiger partial charge in [0.15, 0.2) is 0 Å². The van der Waals surface area contributed by atoms with E-state index in [1.807, 2.05) is 0 Å². The quantitative estimate of drug-likeness (QED) is 0.863. The van der Waals surface area contributed by atoms with E-state index in [1.165, 1.54) is 12.3 Å². The van der Waals surface area contributed by atoms with Crippen LogP contribution in [0, 0.1) is 0 Å². The highest BCUT2D eigenvalue weighted by atomic mass is 35.5. The number of halogens is 1. The number of piperidine rings is 1. The van der Waals surface area contributed by atoms with E-state index in [2.05, 4.69) is 4.98 Å². The Balaban J connectivity index is 1.96. The van der Waals surface area contributed by atoms with Crippen LogP contribution < -0.4 is 5.73 Å². The SMILES string of the molecule is Nc1cc(C(=O)N2CCC(OCCO)CC2)c(Cl)cn1. The van der Waals surface area contributed by atoms with Gasteiger partial charge in [-0.15, -0.1) is 0 Å². The van der Waals surface area contributed by atoms with Crippen LogP contribution in [0.15, 0.2) is 12.3 Å². The van der Waals surface area contributed by atoms with Crippen molar-refractivity contribution in [2.45, 2.75) is 18.9 Å². The van der Waals surface area contributed by atoms with Crippen LogP contribution in [-0.4, -0.2) is 53.3 Å². The van der Waals surface area contributed by atoms with Gasteiger partial charge in [-0.25, -0.2) is 4.98 Å². The van der Waals surface area contributed by atoms with Crippen LogP contribution in [0.4, 0.5) is 5.82 Å². The van der Waals surface area contributed by atoms with Crippen molar-refractivity contribution in [2.75, 3.05) is 32.0 Å². The lowest BCUT2D eigenvalue weighted by Crippen LogP contribution is -2.41. The van der Waals surface area contributed by atoms with Crippen molar-refractivity contribution in [3.05, 3.63) is 22.8 Å². The number of hydrogen-bond donors (Lipinski definition) is 2. The predicted molar refractivity (Wildman–Crippen MR) is 75.6 cm³/mol. The third kappa shape index (κ3) is 3.59. The Hall–Kier alpha value is -1.37. The summed E-state index contributed by atoms with van der Waals surface area (Å²) in [7, 11) is 0. The van der Waals surface area contributed by atoms with Crippen LogP contribution in [-0.2, 0) is 4.74 Å². The minimum absolute atomic E-state index is 0.0189. The summed E-state index contributed by atoms with van der Waals surface area (Å²) in [6.07, 6.45) is 3.00. The van der Waals surface area contributed by atoms with Gasteiger partial charge in [0.25, 0.3) is 5.91 Å². The van der Waals surface area contributed by atoms with Gasteiger partial charge in [-0.05, 0) is 18.9 Å². The average Bonchev–Trinajstić information content (AvgIpc) is 2.47. The van der Waals surface area contributed by atoms with Gasteiger partial charge in [0, 0.05) is 19.3 Å². The number of likely N-dealkylation sites (tertiary alicyclic amines) is 1. The summed E-state index contributed by atoms with van der Waals surface area (Å²) in [4.78, 5) is 18.0. The van der Waals surface area contributed by atoms with Crippen LogP contribution in [0.1, 0.15) is 23.2 Å². The van der Waals surface area contributed by atoms with E-state index < -0.39 is 0 Å². The maximum absolute atomic E-state index is 12.4. The first-order valence-corrected chi connectivity index (χ1v) is 6.92. The van der Waals surface area contributed by atoms with Crippen molar-refractivity contribution in [2.24, 2.45) is 0 Å². The summed E-state index contributed by atoms with van der Waals surface area (Å²) < 4.78 is 5.46. The second-order valence-electron chi connectivity index (χ2n) is 4.67. The standard InChI is InChI=1S/C13H18ClN3O3/c14-11-8-16-12(15)7-10(11)13(19)17-3-1-9(2-4-17)20-6-5-18/h7-9,18H,1-6H2,(H2,15,16). The number of anilines is 1. The molecule has 1 amide bonds.